The van der Waals surface area contributed by atoms with Crippen LogP contribution in [0.1, 0.15) is 33.1 Å². The van der Waals surface area contributed by atoms with Crippen LogP contribution >= 0.6 is 0 Å². The van der Waals surface area contributed by atoms with E-state index in [2.05, 4.69) is 0 Å². The van der Waals surface area contributed by atoms with E-state index < -0.39 is 91.5 Å². The molecule has 15 unspecified atom stereocenters. The highest BCUT2D eigenvalue weighted by Gasteiger charge is 2.48. The van der Waals surface area contributed by atoms with Gasteiger partial charge in [0.15, 0.2) is 0 Å². The number of aliphatic hydroxyl groups excluding tert-OH is 10. The average Bonchev–Trinajstić information content (AvgIpc) is 2.85. The zero-order valence-corrected chi connectivity index (χ0v) is 20.8. The van der Waals surface area contributed by atoms with Crippen molar-refractivity contribution in [3.05, 3.63) is 0 Å². The minimum absolute atomic E-state index is 0.0457. The lowest BCUT2D eigenvalue weighted by molar-refractivity contribution is -0.210. The zero-order chi connectivity index (χ0) is 26.9. The summed E-state index contributed by atoms with van der Waals surface area (Å²) >= 11 is 0. The second kappa shape index (κ2) is 12.6. The summed E-state index contributed by atoms with van der Waals surface area (Å²) in [6, 6.07) is 0. The lowest BCUT2D eigenvalue weighted by Gasteiger charge is -2.44. The molecule has 0 aromatic heterocycles. The Labute approximate surface area is 210 Å². The largest absolute Gasteiger partial charge is 0.396 e. The fourth-order valence-electron chi connectivity index (χ4n) is 5.93. The van der Waals surface area contributed by atoms with Crippen molar-refractivity contribution >= 4 is 0 Å². The van der Waals surface area contributed by atoms with Crippen molar-refractivity contribution in [1.29, 1.82) is 0 Å². The molecule has 12 heteroatoms. The van der Waals surface area contributed by atoms with Crippen LogP contribution in [0.25, 0.3) is 0 Å². The Balaban J connectivity index is 1.60. The molecule has 0 heterocycles. The van der Waals surface area contributed by atoms with Gasteiger partial charge in [-0.15, -0.1) is 0 Å². The summed E-state index contributed by atoms with van der Waals surface area (Å²) in [6.45, 7) is 3.22. The molecule has 3 aliphatic rings. The molecule has 12 nitrogen and oxygen atoms in total. The van der Waals surface area contributed by atoms with Crippen LogP contribution < -0.4 is 0 Å². The second-order valence-electron chi connectivity index (χ2n) is 11.2. The summed E-state index contributed by atoms with van der Waals surface area (Å²) in [4.78, 5) is 0. The first kappa shape index (κ1) is 30.1. The molecule has 36 heavy (non-hydrogen) atoms. The van der Waals surface area contributed by atoms with Crippen molar-refractivity contribution in [2.75, 3.05) is 19.8 Å². The van der Waals surface area contributed by atoms with Gasteiger partial charge in [-0.1, -0.05) is 13.8 Å². The van der Waals surface area contributed by atoms with Crippen LogP contribution in [-0.4, -0.2) is 138 Å². The summed E-state index contributed by atoms with van der Waals surface area (Å²) < 4.78 is 11.6. The van der Waals surface area contributed by atoms with Gasteiger partial charge in [0.05, 0.1) is 49.8 Å². The monoisotopic (exact) mass is 524 g/mol. The number of aliphatic hydroxyl groups is 10. The molecule has 0 saturated heterocycles. The van der Waals surface area contributed by atoms with Crippen molar-refractivity contribution in [3.8, 4) is 0 Å². The van der Waals surface area contributed by atoms with Gasteiger partial charge in [0.25, 0.3) is 0 Å². The molecule has 0 amide bonds. The third-order valence-corrected chi connectivity index (χ3v) is 8.53. The summed E-state index contributed by atoms with van der Waals surface area (Å²) in [5, 5.41) is 102. The fourth-order valence-corrected chi connectivity index (χ4v) is 5.93. The maximum Gasteiger partial charge on any atom is 0.109 e. The summed E-state index contributed by atoms with van der Waals surface area (Å²) in [6.07, 6.45) is -13.4. The van der Waals surface area contributed by atoms with E-state index in [0.717, 1.165) is 0 Å². The van der Waals surface area contributed by atoms with Crippen LogP contribution in [0.2, 0.25) is 0 Å². The maximum absolute atomic E-state index is 10.5. The van der Waals surface area contributed by atoms with E-state index in [4.69, 9.17) is 9.47 Å². The molecule has 10 N–H and O–H groups in total. The van der Waals surface area contributed by atoms with Gasteiger partial charge in [-0.05, 0) is 31.1 Å². The quantitative estimate of drug-likeness (QED) is 0.148. The molecule has 3 aliphatic carbocycles. The lowest BCUT2D eigenvalue weighted by atomic mass is 9.71. The lowest BCUT2D eigenvalue weighted by Crippen LogP contribution is -2.58. The van der Waals surface area contributed by atoms with E-state index in [9.17, 15) is 51.1 Å². The Hall–Kier alpha value is -0.480. The van der Waals surface area contributed by atoms with Gasteiger partial charge in [-0.25, -0.2) is 0 Å². The van der Waals surface area contributed by atoms with Crippen LogP contribution in [0.5, 0.6) is 0 Å². The molecular weight excluding hydrogens is 480 g/mol. The standard InChI is InChI=1S/C24H44O12/c1-9(2)13-3-11(17(27)22(32)19(13)29)7-35-15-5-12(18(28)24(34)21(15)31)8-36-14-4-10(6-25)16(26)23(33)20(14)30/h9-34H,3-8H2,1-2H3. The predicted octanol–water partition coefficient (Wildman–Crippen LogP) is -3.67. The average molecular weight is 525 g/mol. The first-order chi connectivity index (χ1) is 16.9. The van der Waals surface area contributed by atoms with Crippen molar-refractivity contribution < 1.29 is 60.5 Å². The molecule has 212 valence electrons. The molecule has 0 radical (unpaired) electrons. The van der Waals surface area contributed by atoms with Gasteiger partial charge in [0.2, 0.25) is 0 Å². The number of rotatable bonds is 8. The Morgan fingerprint density at radius 1 is 0.528 bits per heavy atom. The van der Waals surface area contributed by atoms with Crippen molar-refractivity contribution in [2.24, 2.45) is 29.6 Å². The van der Waals surface area contributed by atoms with Crippen LogP contribution in [0.3, 0.4) is 0 Å². The van der Waals surface area contributed by atoms with Crippen molar-refractivity contribution in [2.45, 2.75) is 100 Å². The normalized spacial score (nSPS) is 50.4. The van der Waals surface area contributed by atoms with Crippen molar-refractivity contribution in [1.82, 2.24) is 0 Å². The van der Waals surface area contributed by atoms with E-state index in [-0.39, 0.29) is 37.9 Å². The van der Waals surface area contributed by atoms with Crippen molar-refractivity contribution in [3.63, 3.8) is 0 Å². The molecule has 0 aromatic carbocycles. The molecule has 0 bridgehead atoms. The Morgan fingerprint density at radius 2 is 0.917 bits per heavy atom. The number of hydrogen-bond donors (Lipinski definition) is 10. The Morgan fingerprint density at radius 3 is 1.36 bits per heavy atom. The second-order valence-corrected chi connectivity index (χ2v) is 11.2. The first-order valence-electron chi connectivity index (χ1n) is 12.9. The molecule has 0 aromatic rings. The van der Waals surface area contributed by atoms with Gasteiger partial charge in [0.1, 0.15) is 30.5 Å². The van der Waals surface area contributed by atoms with Crippen LogP contribution in [0, 0.1) is 29.6 Å². The third kappa shape index (κ3) is 6.22. The van der Waals surface area contributed by atoms with Crippen LogP contribution in [0.15, 0.2) is 0 Å². The van der Waals surface area contributed by atoms with Crippen LogP contribution in [-0.2, 0) is 9.47 Å². The van der Waals surface area contributed by atoms with Gasteiger partial charge in [0, 0.05) is 24.4 Å². The summed E-state index contributed by atoms with van der Waals surface area (Å²) in [7, 11) is 0. The van der Waals surface area contributed by atoms with Gasteiger partial charge in [-0.3, -0.25) is 0 Å². The third-order valence-electron chi connectivity index (χ3n) is 8.53. The van der Waals surface area contributed by atoms with E-state index in [1.54, 1.807) is 0 Å². The number of hydrogen-bond acceptors (Lipinski definition) is 12. The predicted molar refractivity (Wildman–Crippen MR) is 123 cm³/mol. The van der Waals surface area contributed by atoms with Gasteiger partial charge < -0.3 is 60.5 Å². The van der Waals surface area contributed by atoms with Gasteiger partial charge in [-0.2, -0.15) is 0 Å². The first-order valence-corrected chi connectivity index (χ1v) is 12.9. The highest BCUT2D eigenvalue weighted by atomic mass is 16.5. The SMILES string of the molecule is CC(C)C1CC(COC2CC(COC3CC(CO)C(O)C(O)C3O)C(O)C(O)C2O)C(O)C(O)C1O. The van der Waals surface area contributed by atoms with E-state index in [0.29, 0.717) is 6.42 Å². The molecule has 3 fully saturated rings. The molecule has 0 spiro atoms. The van der Waals surface area contributed by atoms with Crippen LogP contribution in [0.4, 0.5) is 0 Å². The van der Waals surface area contributed by atoms with E-state index >= 15 is 0 Å². The smallest absolute Gasteiger partial charge is 0.109 e. The minimum Gasteiger partial charge on any atom is -0.396 e. The maximum atomic E-state index is 10.5. The Kier molecular flexibility index (Phi) is 10.5. The van der Waals surface area contributed by atoms with E-state index in [1.807, 2.05) is 13.8 Å². The topological polar surface area (TPSA) is 221 Å². The Bertz CT molecular complexity index is 679. The molecule has 3 saturated carbocycles. The number of ether oxygens (including phenoxy) is 2. The van der Waals surface area contributed by atoms with E-state index in [1.165, 1.54) is 0 Å². The molecule has 15 atom stereocenters. The van der Waals surface area contributed by atoms with Gasteiger partial charge >= 0.3 is 0 Å². The zero-order valence-electron chi connectivity index (χ0n) is 20.8. The summed E-state index contributed by atoms with van der Waals surface area (Å²) in [5.41, 5.74) is 0. The fraction of sp³-hybridized carbons (Fsp3) is 1.00. The molecule has 0 aliphatic heterocycles. The minimum atomic E-state index is -1.54. The summed E-state index contributed by atoms with van der Waals surface area (Å²) in [5.74, 6) is -2.10. The highest BCUT2D eigenvalue weighted by Crippen LogP contribution is 2.36. The molecular formula is C24H44O12. The molecule has 3 rings (SSSR count). The highest BCUT2D eigenvalue weighted by molar-refractivity contribution is 4.97.